The maximum atomic E-state index is 9.39. The SMILES string of the molecule is CCCC(C)c1cc(O)c(O)cc1C. The van der Waals surface area contributed by atoms with E-state index < -0.39 is 0 Å². The van der Waals surface area contributed by atoms with Gasteiger partial charge in [0.1, 0.15) is 0 Å². The molecule has 0 amide bonds. The van der Waals surface area contributed by atoms with E-state index in [-0.39, 0.29) is 11.5 Å². The largest absolute Gasteiger partial charge is 0.504 e. The van der Waals surface area contributed by atoms with E-state index in [9.17, 15) is 10.2 Å². The molecule has 0 saturated carbocycles. The van der Waals surface area contributed by atoms with Crippen molar-refractivity contribution in [1.82, 2.24) is 0 Å². The van der Waals surface area contributed by atoms with Crippen LogP contribution in [0.1, 0.15) is 43.7 Å². The number of hydrogen-bond acceptors (Lipinski definition) is 2. The number of hydrogen-bond donors (Lipinski definition) is 2. The van der Waals surface area contributed by atoms with Gasteiger partial charge in [0.05, 0.1) is 0 Å². The van der Waals surface area contributed by atoms with Crippen LogP contribution in [0.25, 0.3) is 0 Å². The summed E-state index contributed by atoms with van der Waals surface area (Å²) in [5.41, 5.74) is 2.17. The van der Waals surface area contributed by atoms with Crippen LogP contribution >= 0.6 is 0 Å². The molecule has 0 aliphatic heterocycles. The molecule has 1 aromatic rings. The molecule has 1 rings (SSSR count). The zero-order valence-electron chi connectivity index (χ0n) is 9.04. The van der Waals surface area contributed by atoms with Crippen molar-refractivity contribution in [1.29, 1.82) is 0 Å². The quantitative estimate of drug-likeness (QED) is 0.725. The summed E-state index contributed by atoms with van der Waals surface area (Å²) in [6.45, 7) is 6.25. The lowest BCUT2D eigenvalue weighted by molar-refractivity contribution is 0.402. The highest BCUT2D eigenvalue weighted by molar-refractivity contribution is 5.46. The van der Waals surface area contributed by atoms with E-state index in [1.54, 1.807) is 12.1 Å². The molecule has 0 bridgehead atoms. The first-order valence-corrected chi connectivity index (χ1v) is 5.08. The Labute approximate surface area is 85.2 Å². The Kier molecular flexibility index (Phi) is 3.39. The Morgan fingerprint density at radius 2 is 1.79 bits per heavy atom. The van der Waals surface area contributed by atoms with Crippen LogP contribution in [0.3, 0.4) is 0 Å². The molecule has 0 fully saturated rings. The molecule has 2 N–H and O–H groups in total. The summed E-state index contributed by atoms with van der Waals surface area (Å²) in [6, 6.07) is 3.29. The summed E-state index contributed by atoms with van der Waals surface area (Å²) in [6.07, 6.45) is 2.23. The number of phenols is 2. The molecule has 0 heterocycles. The van der Waals surface area contributed by atoms with Gasteiger partial charge in [-0.2, -0.15) is 0 Å². The summed E-state index contributed by atoms with van der Waals surface area (Å²) in [5, 5.41) is 18.7. The normalized spacial score (nSPS) is 12.8. The van der Waals surface area contributed by atoms with E-state index in [1.807, 2.05) is 6.92 Å². The maximum absolute atomic E-state index is 9.39. The van der Waals surface area contributed by atoms with Gasteiger partial charge in [0, 0.05) is 0 Å². The number of benzene rings is 1. The van der Waals surface area contributed by atoms with Gasteiger partial charge in [0.25, 0.3) is 0 Å². The van der Waals surface area contributed by atoms with Crippen molar-refractivity contribution in [3.63, 3.8) is 0 Å². The lowest BCUT2D eigenvalue weighted by atomic mass is 9.92. The molecule has 78 valence electrons. The Hall–Kier alpha value is -1.18. The van der Waals surface area contributed by atoms with E-state index in [2.05, 4.69) is 13.8 Å². The van der Waals surface area contributed by atoms with Crippen molar-refractivity contribution in [3.05, 3.63) is 23.3 Å². The van der Waals surface area contributed by atoms with Crippen molar-refractivity contribution in [2.75, 3.05) is 0 Å². The fraction of sp³-hybridized carbons (Fsp3) is 0.500. The molecule has 1 atom stereocenters. The van der Waals surface area contributed by atoms with Crippen LogP contribution in [0.15, 0.2) is 12.1 Å². The number of rotatable bonds is 3. The second kappa shape index (κ2) is 4.36. The van der Waals surface area contributed by atoms with Crippen LogP contribution < -0.4 is 0 Å². The molecule has 0 saturated heterocycles. The summed E-state index contributed by atoms with van der Waals surface area (Å²) < 4.78 is 0. The first kappa shape index (κ1) is 10.9. The molecule has 0 radical (unpaired) electrons. The molecule has 2 nitrogen and oxygen atoms in total. The highest BCUT2D eigenvalue weighted by Gasteiger charge is 2.10. The molecule has 0 aliphatic rings. The van der Waals surface area contributed by atoms with Crippen molar-refractivity contribution < 1.29 is 10.2 Å². The first-order valence-electron chi connectivity index (χ1n) is 5.08. The molecule has 2 heteroatoms. The van der Waals surface area contributed by atoms with Gasteiger partial charge in [-0.3, -0.25) is 0 Å². The fourth-order valence-corrected chi connectivity index (χ4v) is 1.82. The van der Waals surface area contributed by atoms with Crippen LogP contribution in [0.2, 0.25) is 0 Å². The van der Waals surface area contributed by atoms with E-state index in [0.29, 0.717) is 5.92 Å². The van der Waals surface area contributed by atoms with E-state index in [0.717, 1.165) is 24.0 Å². The van der Waals surface area contributed by atoms with Crippen molar-refractivity contribution >= 4 is 0 Å². The van der Waals surface area contributed by atoms with Crippen LogP contribution in [0.5, 0.6) is 11.5 Å². The molecule has 0 aliphatic carbocycles. The minimum absolute atomic E-state index is 0.0199. The van der Waals surface area contributed by atoms with Gasteiger partial charge in [-0.1, -0.05) is 20.3 Å². The number of aromatic hydroxyl groups is 2. The number of phenolic OH excluding ortho intramolecular Hbond substituents is 2. The summed E-state index contributed by atoms with van der Waals surface area (Å²) in [4.78, 5) is 0. The van der Waals surface area contributed by atoms with Gasteiger partial charge in [-0.25, -0.2) is 0 Å². The average molecular weight is 194 g/mol. The van der Waals surface area contributed by atoms with Gasteiger partial charge in [-0.05, 0) is 42.5 Å². The Bertz CT molecular complexity index is 318. The molecular weight excluding hydrogens is 176 g/mol. The Balaban J connectivity index is 3.02. The van der Waals surface area contributed by atoms with E-state index >= 15 is 0 Å². The predicted octanol–water partition coefficient (Wildman–Crippen LogP) is 3.31. The van der Waals surface area contributed by atoms with Crippen molar-refractivity contribution in [2.45, 2.75) is 39.5 Å². The second-order valence-corrected chi connectivity index (χ2v) is 3.89. The fourth-order valence-electron chi connectivity index (χ4n) is 1.82. The zero-order valence-corrected chi connectivity index (χ0v) is 9.04. The Morgan fingerprint density at radius 3 is 2.36 bits per heavy atom. The predicted molar refractivity (Wildman–Crippen MR) is 57.8 cm³/mol. The third-order valence-electron chi connectivity index (χ3n) is 2.62. The van der Waals surface area contributed by atoms with Crippen LogP contribution in [-0.4, -0.2) is 10.2 Å². The molecule has 1 unspecified atom stereocenters. The minimum Gasteiger partial charge on any atom is -0.504 e. The lowest BCUT2D eigenvalue weighted by Gasteiger charge is -2.14. The summed E-state index contributed by atoms with van der Waals surface area (Å²) in [5.74, 6) is 0.384. The van der Waals surface area contributed by atoms with Gasteiger partial charge in [0.2, 0.25) is 0 Å². The molecule has 1 aromatic carbocycles. The van der Waals surface area contributed by atoms with Gasteiger partial charge in [-0.15, -0.1) is 0 Å². The summed E-state index contributed by atoms with van der Waals surface area (Å²) >= 11 is 0. The van der Waals surface area contributed by atoms with Gasteiger partial charge >= 0.3 is 0 Å². The highest BCUT2D eigenvalue weighted by Crippen LogP contribution is 2.33. The average Bonchev–Trinajstić information content (AvgIpc) is 2.11. The topological polar surface area (TPSA) is 40.5 Å². The second-order valence-electron chi connectivity index (χ2n) is 3.89. The molecular formula is C12H18O2. The zero-order chi connectivity index (χ0) is 10.7. The van der Waals surface area contributed by atoms with Crippen LogP contribution in [-0.2, 0) is 0 Å². The number of aryl methyl sites for hydroxylation is 1. The van der Waals surface area contributed by atoms with E-state index in [4.69, 9.17) is 0 Å². The molecule has 14 heavy (non-hydrogen) atoms. The maximum Gasteiger partial charge on any atom is 0.157 e. The third-order valence-corrected chi connectivity index (χ3v) is 2.62. The molecule has 0 aromatic heterocycles. The van der Waals surface area contributed by atoms with Crippen LogP contribution in [0, 0.1) is 6.92 Å². The van der Waals surface area contributed by atoms with Crippen molar-refractivity contribution in [3.8, 4) is 11.5 Å². The summed E-state index contributed by atoms with van der Waals surface area (Å²) in [7, 11) is 0. The monoisotopic (exact) mass is 194 g/mol. The van der Waals surface area contributed by atoms with Gasteiger partial charge < -0.3 is 10.2 Å². The lowest BCUT2D eigenvalue weighted by Crippen LogP contribution is -1.96. The third kappa shape index (κ3) is 2.19. The van der Waals surface area contributed by atoms with Crippen LogP contribution in [0.4, 0.5) is 0 Å². The smallest absolute Gasteiger partial charge is 0.157 e. The van der Waals surface area contributed by atoms with E-state index in [1.165, 1.54) is 0 Å². The minimum atomic E-state index is -0.0325. The standard InChI is InChI=1S/C12H18O2/c1-4-5-8(2)10-7-12(14)11(13)6-9(10)3/h6-8,13-14H,4-5H2,1-3H3. The van der Waals surface area contributed by atoms with Crippen molar-refractivity contribution in [2.24, 2.45) is 0 Å². The van der Waals surface area contributed by atoms with Gasteiger partial charge in [0.15, 0.2) is 11.5 Å². The molecule has 0 spiro atoms. The first-order chi connectivity index (χ1) is 6.56. The Morgan fingerprint density at radius 1 is 1.21 bits per heavy atom. The highest BCUT2D eigenvalue weighted by atomic mass is 16.3.